The van der Waals surface area contributed by atoms with E-state index in [0.717, 1.165) is 0 Å². The van der Waals surface area contributed by atoms with Gasteiger partial charge in [-0.1, -0.05) is 0 Å². The summed E-state index contributed by atoms with van der Waals surface area (Å²) in [7, 11) is 2.91. The van der Waals surface area contributed by atoms with Gasteiger partial charge in [-0.15, -0.1) is 0 Å². The molecule has 2 aromatic rings. The molecule has 2 atom stereocenters. The third-order valence-corrected chi connectivity index (χ3v) is 4.38. The van der Waals surface area contributed by atoms with Gasteiger partial charge in [0.15, 0.2) is 17.3 Å². The zero-order chi connectivity index (χ0) is 21.4. The van der Waals surface area contributed by atoms with Crippen molar-refractivity contribution in [3.05, 3.63) is 64.0 Å². The van der Waals surface area contributed by atoms with E-state index in [0.29, 0.717) is 17.1 Å². The van der Waals surface area contributed by atoms with Crippen molar-refractivity contribution in [2.45, 2.75) is 25.3 Å². The predicted molar refractivity (Wildman–Crippen MR) is 103 cm³/mol. The van der Waals surface area contributed by atoms with E-state index >= 15 is 0 Å². The molecule has 29 heavy (non-hydrogen) atoms. The molecule has 0 N–H and O–H groups in total. The van der Waals surface area contributed by atoms with Crippen LogP contribution in [-0.4, -0.2) is 48.5 Å². The summed E-state index contributed by atoms with van der Waals surface area (Å²) in [5, 5.41) is 11.7. The lowest BCUT2D eigenvalue weighted by Gasteiger charge is -2.20. The lowest BCUT2D eigenvalue weighted by molar-refractivity contribution is -0.514. The maximum absolute atomic E-state index is 12.9. The van der Waals surface area contributed by atoms with Gasteiger partial charge >= 0.3 is 12.0 Å². The summed E-state index contributed by atoms with van der Waals surface area (Å²) in [5.74, 6) is -1.59. The first-order chi connectivity index (χ1) is 13.9. The van der Waals surface area contributed by atoms with Gasteiger partial charge in [0, 0.05) is 29.3 Å². The molecular formula is C20H22N2O7. The molecule has 1 aromatic heterocycles. The van der Waals surface area contributed by atoms with Crippen LogP contribution in [0.4, 0.5) is 0 Å². The summed E-state index contributed by atoms with van der Waals surface area (Å²) in [6, 6.07) is 5.98. The Labute approximate surface area is 167 Å². The Bertz CT molecular complexity index is 870. The number of pyridine rings is 1. The van der Waals surface area contributed by atoms with Gasteiger partial charge in [-0.2, -0.15) is 0 Å². The van der Waals surface area contributed by atoms with E-state index in [1.807, 2.05) is 0 Å². The molecule has 2 rings (SSSR count). The molecule has 0 aliphatic heterocycles. The number of esters is 1. The zero-order valence-corrected chi connectivity index (χ0v) is 16.4. The first kappa shape index (κ1) is 21.8. The standard InChI is InChI=1S/C20H22N2O7/c1-4-29-20(24)19(22(25)26)15(13-7-9-21-10-8-13)12-16(23)14-5-6-17(27-2)18(11-14)28-3/h5-11,15,19H,4,12H2,1-3H3. The minimum atomic E-state index is -1.72. The molecule has 0 fully saturated rings. The second-order valence-corrected chi connectivity index (χ2v) is 6.07. The third kappa shape index (κ3) is 5.28. The Hall–Kier alpha value is -3.49. The molecule has 1 aromatic carbocycles. The van der Waals surface area contributed by atoms with Crippen molar-refractivity contribution >= 4 is 11.8 Å². The number of carbonyl (C=O) groups excluding carboxylic acids is 2. The Morgan fingerprint density at radius 1 is 1.10 bits per heavy atom. The SMILES string of the molecule is CCOC(=O)C(C(CC(=O)c1ccc(OC)c(OC)c1)c1ccncc1)[N+](=O)[O-]. The highest BCUT2D eigenvalue weighted by Crippen LogP contribution is 2.31. The Balaban J connectivity index is 2.41. The molecule has 1 heterocycles. The van der Waals surface area contributed by atoms with Crippen LogP contribution in [0.5, 0.6) is 11.5 Å². The average molecular weight is 402 g/mol. The molecule has 0 amide bonds. The van der Waals surface area contributed by atoms with Crippen molar-refractivity contribution in [2.24, 2.45) is 0 Å². The normalized spacial score (nSPS) is 12.5. The zero-order valence-electron chi connectivity index (χ0n) is 16.4. The van der Waals surface area contributed by atoms with Crippen LogP contribution < -0.4 is 9.47 Å². The first-order valence-electron chi connectivity index (χ1n) is 8.88. The van der Waals surface area contributed by atoms with Gasteiger partial charge in [-0.3, -0.25) is 19.9 Å². The number of benzene rings is 1. The Kier molecular flexibility index (Phi) is 7.64. The van der Waals surface area contributed by atoms with Gasteiger partial charge in [0.1, 0.15) is 0 Å². The van der Waals surface area contributed by atoms with Crippen LogP contribution in [0.15, 0.2) is 42.7 Å². The number of hydrogen-bond donors (Lipinski definition) is 0. The highest BCUT2D eigenvalue weighted by molar-refractivity contribution is 5.97. The number of ether oxygens (including phenoxy) is 3. The van der Waals surface area contributed by atoms with Gasteiger partial charge in [-0.05, 0) is 42.8 Å². The summed E-state index contributed by atoms with van der Waals surface area (Å²) >= 11 is 0. The van der Waals surface area contributed by atoms with Gasteiger partial charge in [-0.25, -0.2) is 4.79 Å². The number of aromatic nitrogens is 1. The fourth-order valence-electron chi connectivity index (χ4n) is 2.97. The molecule has 0 saturated heterocycles. The molecule has 9 heteroatoms. The van der Waals surface area contributed by atoms with Crippen LogP contribution in [-0.2, 0) is 9.53 Å². The molecule has 0 radical (unpaired) electrons. The molecule has 2 unspecified atom stereocenters. The summed E-state index contributed by atoms with van der Waals surface area (Å²) in [4.78, 5) is 40.0. The fraction of sp³-hybridized carbons (Fsp3) is 0.350. The van der Waals surface area contributed by atoms with Crippen molar-refractivity contribution in [1.82, 2.24) is 4.98 Å². The van der Waals surface area contributed by atoms with E-state index in [9.17, 15) is 19.7 Å². The number of methoxy groups -OCH3 is 2. The van der Waals surface area contributed by atoms with Gasteiger partial charge in [0.05, 0.1) is 26.7 Å². The van der Waals surface area contributed by atoms with Gasteiger partial charge < -0.3 is 14.2 Å². The molecule has 0 spiro atoms. The van der Waals surface area contributed by atoms with Crippen LogP contribution in [0.25, 0.3) is 0 Å². The maximum Gasteiger partial charge on any atom is 0.382 e. The summed E-state index contributed by atoms with van der Waals surface area (Å²) in [6.45, 7) is 1.56. The molecule has 0 aliphatic rings. The Morgan fingerprint density at radius 3 is 2.31 bits per heavy atom. The predicted octanol–water partition coefficient (Wildman–Crippen LogP) is 2.66. The maximum atomic E-state index is 12.9. The van der Waals surface area contributed by atoms with Crippen molar-refractivity contribution in [3.8, 4) is 11.5 Å². The van der Waals surface area contributed by atoms with Crippen LogP contribution >= 0.6 is 0 Å². The van der Waals surface area contributed by atoms with Gasteiger partial charge in [0.2, 0.25) is 0 Å². The van der Waals surface area contributed by atoms with Crippen molar-refractivity contribution < 1.29 is 28.7 Å². The molecular weight excluding hydrogens is 380 g/mol. The van der Waals surface area contributed by atoms with E-state index in [4.69, 9.17) is 14.2 Å². The molecule has 0 bridgehead atoms. The van der Waals surface area contributed by atoms with Crippen molar-refractivity contribution in [2.75, 3.05) is 20.8 Å². The van der Waals surface area contributed by atoms with Crippen LogP contribution in [0.2, 0.25) is 0 Å². The van der Waals surface area contributed by atoms with E-state index in [2.05, 4.69) is 4.98 Å². The summed E-state index contributed by atoms with van der Waals surface area (Å²) in [6.07, 6.45) is 2.63. The number of rotatable bonds is 10. The number of nitrogens with zero attached hydrogens (tertiary/aromatic N) is 2. The number of carbonyl (C=O) groups is 2. The number of nitro groups is 1. The average Bonchev–Trinajstić information content (AvgIpc) is 2.73. The van der Waals surface area contributed by atoms with E-state index in [-0.39, 0.29) is 24.4 Å². The monoisotopic (exact) mass is 402 g/mol. The highest BCUT2D eigenvalue weighted by atomic mass is 16.6. The van der Waals surface area contributed by atoms with E-state index < -0.39 is 22.9 Å². The van der Waals surface area contributed by atoms with Crippen LogP contribution in [0.3, 0.4) is 0 Å². The smallest absolute Gasteiger partial charge is 0.382 e. The Morgan fingerprint density at radius 2 is 1.76 bits per heavy atom. The highest BCUT2D eigenvalue weighted by Gasteiger charge is 2.42. The second kappa shape index (κ2) is 10.2. The summed E-state index contributed by atoms with van der Waals surface area (Å²) in [5.41, 5.74) is 0.733. The molecule has 0 saturated carbocycles. The number of ketones is 1. The number of hydrogen-bond acceptors (Lipinski definition) is 8. The fourth-order valence-corrected chi connectivity index (χ4v) is 2.97. The largest absolute Gasteiger partial charge is 0.493 e. The van der Waals surface area contributed by atoms with Crippen LogP contribution in [0, 0.1) is 10.1 Å². The quantitative estimate of drug-likeness (QED) is 0.258. The van der Waals surface area contributed by atoms with E-state index in [1.54, 1.807) is 31.2 Å². The molecule has 9 nitrogen and oxygen atoms in total. The van der Waals surface area contributed by atoms with Gasteiger partial charge in [0.25, 0.3) is 0 Å². The van der Waals surface area contributed by atoms with Crippen molar-refractivity contribution in [3.63, 3.8) is 0 Å². The molecule has 154 valence electrons. The van der Waals surface area contributed by atoms with E-state index in [1.165, 1.54) is 32.7 Å². The minimum Gasteiger partial charge on any atom is -0.493 e. The number of Topliss-reactive ketones (excluding diaryl/α,β-unsaturated/α-hetero) is 1. The van der Waals surface area contributed by atoms with Crippen LogP contribution in [0.1, 0.15) is 35.2 Å². The minimum absolute atomic E-state index is 0.00410. The van der Waals surface area contributed by atoms with Crippen molar-refractivity contribution in [1.29, 1.82) is 0 Å². The second-order valence-electron chi connectivity index (χ2n) is 6.07. The first-order valence-corrected chi connectivity index (χ1v) is 8.88. The lowest BCUT2D eigenvalue weighted by atomic mass is 9.86. The lowest BCUT2D eigenvalue weighted by Crippen LogP contribution is -2.38. The molecule has 0 aliphatic carbocycles. The third-order valence-electron chi connectivity index (χ3n) is 4.38. The topological polar surface area (TPSA) is 118 Å². The summed E-state index contributed by atoms with van der Waals surface area (Å²) < 4.78 is 15.2.